The molecule has 0 radical (unpaired) electrons. The Labute approximate surface area is 247 Å². The van der Waals surface area contributed by atoms with Gasteiger partial charge >= 0.3 is 0 Å². The summed E-state index contributed by atoms with van der Waals surface area (Å²) in [7, 11) is 0. The molecule has 1 saturated heterocycles. The highest BCUT2D eigenvalue weighted by atomic mass is 35.5. The van der Waals surface area contributed by atoms with Crippen LogP contribution in [-0.4, -0.2) is 41.7 Å². The maximum absolute atomic E-state index is 13.1. The first-order valence-electron chi connectivity index (χ1n) is 12.6. The summed E-state index contributed by atoms with van der Waals surface area (Å²) >= 11 is 12.9. The molecular weight excluding hydrogens is 571 g/mol. The Hall–Kier alpha value is -3.46. The predicted molar refractivity (Wildman–Crippen MR) is 160 cm³/mol. The van der Waals surface area contributed by atoms with E-state index in [1.165, 1.54) is 0 Å². The van der Waals surface area contributed by atoms with Crippen molar-refractivity contribution >= 4 is 63.8 Å². The molecule has 0 atom stereocenters. The van der Waals surface area contributed by atoms with Crippen molar-refractivity contribution in [1.29, 1.82) is 0 Å². The number of hydrogen-bond acceptors (Lipinski definition) is 6. The molecule has 3 aromatic rings. The second-order valence-electron chi connectivity index (χ2n) is 9.40. The number of anilines is 1. The second kappa shape index (κ2) is 13.3. The van der Waals surface area contributed by atoms with E-state index in [2.05, 4.69) is 19.2 Å². The lowest BCUT2D eigenvalue weighted by atomic mass is 10.0. The van der Waals surface area contributed by atoms with Gasteiger partial charge in [-0.15, -0.1) is 0 Å². The topological polar surface area (TPSA) is 84.9 Å². The fraction of sp³-hybridized carbons (Fsp3) is 0.233. The van der Waals surface area contributed by atoms with Crippen molar-refractivity contribution in [2.24, 2.45) is 0 Å². The molecule has 3 aromatic carbocycles. The van der Waals surface area contributed by atoms with Crippen molar-refractivity contribution < 1.29 is 23.9 Å². The Morgan fingerprint density at radius 2 is 1.70 bits per heavy atom. The zero-order valence-electron chi connectivity index (χ0n) is 22.2. The molecule has 208 valence electrons. The van der Waals surface area contributed by atoms with Crippen molar-refractivity contribution in [3.05, 3.63) is 92.3 Å². The van der Waals surface area contributed by atoms with Crippen LogP contribution >= 0.6 is 35.0 Å². The number of ether oxygens (including phenoxy) is 2. The second-order valence-corrected chi connectivity index (χ2v) is 11.3. The lowest BCUT2D eigenvalue weighted by Crippen LogP contribution is -2.32. The molecule has 0 saturated carbocycles. The summed E-state index contributed by atoms with van der Waals surface area (Å²) in [5.41, 5.74) is 3.18. The van der Waals surface area contributed by atoms with E-state index >= 15 is 0 Å². The monoisotopic (exact) mass is 598 g/mol. The van der Waals surface area contributed by atoms with Crippen molar-refractivity contribution in [3.8, 4) is 11.5 Å². The van der Waals surface area contributed by atoms with Crippen molar-refractivity contribution in [2.45, 2.75) is 26.7 Å². The van der Waals surface area contributed by atoms with Gasteiger partial charge in [0.05, 0.1) is 11.4 Å². The lowest BCUT2D eigenvalue weighted by molar-refractivity contribution is -0.123. The number of thioether (sulfide) groups is 1. The highest BCUT2D eigenvalue weighted by Gasteiger charge is 2.35. The molecule has 1 aliphatic rings. The smallest absolute Gasteiger partial charge is 0.293 e. The van der Waals surface area contributed by atoms with Gasteiger partial charge in [0.15, 0.2) is 6.61 Å². The van der Waals surface area contributed by atoms with Crippen LogP contribution in [0, 0.1) is 6.92 Å². The maximum Gasteiger partial charge on any atom is 0.293 e. The first-order chi connectivity index (χ1) is 19.1. The highest BCUT2D eigenvalue weighted by molar-refractivity contribution is 8.18. The van der Waals surface area contributed by atoms with Crippen molar-refractivity contribution in [1.82, 2.24) is 4.90 Å². The molecule has 0 aromatic heterocycles. The van der Waals surface area contributed by atoms with Crippen molar-refractivity contribution in [2.75, 3.05) is 25.1 Å². The zero-order valence-corrected chi connectivity index (χ0v) is 24.5. The van der Waals surface area contributed by atoms with Crippen LogP contribution in [0.4, 0.5) is 10.5 Å². The van der Waals surface area contributed by atoms with Crippen LogP contribution in [0.3, 0.4) is 0 Å². The van der Waals surface area contributed by atoms with Gasteiger partial charge in [-0.3, -0.25) is 19.3 Å². The summed E-state index contributed by atoms with van der Waals surface area (Å²) in [4.78, 5) is 39.5. The summed E-state index contributed by atoms with van der Waals surface area (Å²) in [5, 5.41) is 3.30. The normalized spacial score (nSPS) is 14.2. The van der Waals surface area contributed by atoms with E-state index < -0.39 is 5.91 Å². The first kappa shape index (κ1) is 29.5. The largest absolute Gasteiger partial charge is 0.491 e. The first-order valence-corrected chi connectivity index (χ1v) is 14.1. The summed E-state index contributed by atoms with van der Waals surface area (Å²) < 4.78 is 11.7. The minimum absolute atomic E-state index is 0.108. The van der Waals surface area contributed by atoms with E-state index in [1.807, 2.05) is 25.1 Å². The standard InChI is InChI=1S/C30H28Cl2N2O5S/c1-18(2)24-10-4-19(3)14-26(24)38-13-12-34-29(36)27(40-30(34)37)16-20-15-22(32)7-11-25(20)39-17-28(35)33-23-8-5-21(31)6-9-23/h4-11,14-16,18H,12-13,17H2,1-3H3,(H,33,35)/b27-16-. The Morgan fingerprint density at radius 3 is 2.42 bits per heavy atom. The molecule has 1 aliphatic heterocycles. The predicted octanol–water partition coefficient (Wildman–Crippen LogP) is 7.56. The number of amides is 3. The van der Waals surface area contributed by atoms with E-state index in [1.54, 1.807) is 48.5 Å². The van der Waals surface area contributed by atoms with E-state index in [0.29, 0.717) is 27.0 Å². The fourth-order valence-electron chi connectivity index (χ4n) is 3.96. The molecule has 0 bridgehead atoms. The number of nitrogens with zero attached hydrogens (tertiary/aromatic N) is 1. The molecule has 4 rings (SSSR count). The molecule has 1 fully saturated rings. The number of imide groups is 1. The third kappa shape index (κ3) is 7.59. The molecule has 40 heavy (non-hydrogen) atoms. The number of rotatable bonds is 10. The van der Waals surface area contributed by atoms with Gasteiger partial charge in [0.1, 0.15) is 18.1 Å². The van der Waals surface area contributed by atoms with Gasteiger partial charge in [-0.2, -0.15) is 0 Å². The van der Waals surface area contributed by atoms with Gasteiger partial charge in [-0.25, -0.2) is 0 Å². The SMILES string of the molecule is Cc1ccc(C(C)C)c(OCCN2C(=O)S/C(=C\c3cc(Cl)ccc3OCC(=O)Nc3ccc(Cl)cc3)C2=O)c1. The quantitative estimate of drug-likeness (QED) is 0.242. The van der Waals surface area contributed by atoms with Gasteiger partial charge in [-0.05, 0) is 90.3 Å². The average molecular weight is 600 g/mol. The molecule has 7 nitrogen and oxygen atoms in total. The molecule has 10 heteroatoms. The summed E-state index contributed by atoms with van der Waals surface area (Å²) in [6, 6.07) is 17.5. The third-order valence-corrected chi connectivity index (χ3v) is 7.38. The number of benzene rings is 3. The average Bonchev–Trinajstić information content (AvgIpc) is 3.16. The molecule has 3 amide bonds. The van der Waals surface area contributed by atoms with E-state index in [9.17, 15) is 14.4 Å². The number of aryl methyl sites for hydroxylation is 1. The molecule has 1 heterocycles. The van der Waals surface area contributed by atoms with E-state index in [0.717, 1.165) is 33.5 Å². The summed E-state index contributed by atoms with van der Waals surface area (Å²) in [5.74, 6) is 0.550. The number of carbonyl (C=O) groups excluding carboxylic acids is 3. The molecule has 0 spiro atoms. The highest BCUT2D eigenvalue weighted by Crippen LogP contribution is 2.35. The van der Waals surface area contributed by atoms with Gasteiger partial charge in [-0.1, -0.05) is 49.2 Å². The Balaban J connectivity index is 1.41. The number of hydrogen-bond donors (Lipinski definition) is 1. The van der Waals surface area contributed by atoms with Crippen LogP contribution in [0.2, 0.25) is 10.0 Å². The van der Waals surface area contributed by atoms with Crippen LogP contribution in [0.5, 0.6) is 11.5 Å². The van der Waals surface area contributed by atoms with Gasteiger partial charge in [0.25, 0.3) is 17.1 Å². The number of halogens is 2. The van der Waals surface area contributed by atoms with Crippen LogP contribution < -0.4 is 14.8 Å². The number of nitrogens with one attached hydrogen (secondary N) is 1. The van der Waals surface area contributed by atoms with Crippen LogP contribution in [0.15, 0.2) is 65.6 Å². The van der Waals surface area contributed by atoms with Gasteiger partial charge in [0, 0.05) is 21.3 Å². The zero-order chi connectivity index (χ0) is 28.8. The van der Waals surface area contributed by atoms with Gasteiger partial charge < -0.3 is 14.8 Å². The maximum atomic E-state index is 13.1. The van der Waals surface area contributed by atoms with Crippen LogP contribution in [0.25, 0.3) is 6.08 Å². The fourth-order valence-corrected chi connectivity index (χ4v) is 5.12. The molecular formula is C30H28Cl2N2O5S. The summed E-state index contributed by atoms with van der Waals surface area (Å²) in [6.07, 6.45) is 1.54. The van der Waals surface area contributed by atoms with Crippen LogP contribution in [-0.2, 0) is 9.59 Å². The lowest BCUT2D eigenvalue weighted by Gasteiger charge is -2.17. The van der Waals surface area contributed by atoms with Gasteiger partial charge in [0.2, 0.25) is 0 Å². The summed E-state index contributed by atoms with van der Waals surface area (Å²) in [6.45, 7) is 6.15. The molecule has 1 N–H and O–H groups in total. The third-order valence-electron chi connectivity index (χ3n) is 5.98. The Kier molecular flexibility index (Phi) is 9.79. The number of carbonyl (C=O) groups is 3. The van der Waals surface area contributed by atoms with E-state index in [4.69, 9.17) is 32.7 Å². The molecule has 0 unspecified atom stereocenters. The minimum Gasteiger partial charge on any atom is -0.491 e. The van der Waals surface area contributed by atoms with E-state index in [-0.39, 0.29) is 41.7 Å². The molecule has 0 aliphatic carbocycles. The van der Waals surface area contributed by atoms with Crippen LogP contribution in [0.1, 0.15) is 36.5 Å². The Morgan fingerprint density at radius 1 is 0.975 bits per heavy atom. The minimum atomic E-state index is -0.432. The Bertz CT molecular complexity index is 1460. The van der Waals surface area contributed by atoms with Crippen molar-refractivity contribution in [3.63, 3.8) is 0 Å².